The second kappa shape index (κ2) is 5.03. The Kier molecular flexibility index (Phi) is 3.43. The molecule has 8 heteroatoms. The molecular formula is C11H13N5O3. The third kappa shape index (κ3) is 2.25. The van der Waals surface area contributed by atoms with Gasteiger partial charge in [0.25, 0.3) is 5.91 Å². The van der Waals surface area contributed by atoms with Crippen LogP contribution >= 0.6 is 0 Å². The minimum atomic E-state index is -1.17. The van der Waals surface area contributed by atoms with E-state index in [-0.39, 0.29) is 19.0 Å². The molecule has 0 radical (unpaired) electrons. The second-order valence-electron chi connectivity index (χ2n) is 4.30. The van der Waals surface area contributed by atoms with Crippen LogP contribution in [0.25, 0.3) is 10.4 Å². The highest BCUT2D eigenvalue weighted by Crippen LogP contribution is 2.28. The molecule has 2 heterocycles. The average molecular weight is 263 g/mol. The highest BCUT2D eigenvalue weighted by atomic mass is 16.3. The Labute approximate surface area is 109 Å². The molecule has 1 atom stereocenters. The number of urea groups is 1. The van der Waals surface area contributed by atoms with Gasteiger partial charge in [-0.25, -0.2) is 4.79 Å². The van der Waals surface area contributed by atoms with Crippen LogP contribution in [0.2, 0.25) is 0 Å². The van der Waals surface area contributed by atoms with Crippen LogP contribution in [0.4, 0.5) is 4.79 Å². The maximum Gasteiger partial charge on any atom is 0.325 e. The van der Waals surface area contributed by atoms with Gasteiger partial charge in [0, 0.05) is 18.0 Å². The van der Waals surface area contributed by atoms with Crippen LogP contribution in [-0.4, -0.2) is 29.9 Å². The van der Waals surface area contributed by atoms with Crippen molar-refractivity contribution < 1.29 is 14.0 Å². The molecule has 0 aromatic carbocycles. The molecule has 1 fully saturated rings. The summed E-state index contributed by atoms with van der Waals surface area (Å²) in [6, 6.07) is 2.83. The number of hydrogen-bond donors (Lipinski definition) is 1. The van der Waals surface area contributed by atoms with Crippen molar-refractivity contribution in [3.05, 3.63) is 34.6 Å². The second-order valence-corrected chi connectivity index (χ2v) is 4.30. The SMILES string of the molecule is CC1(c2ccco2)NC(=O)N(CCCN=[N+]=[N-])C1=O. The first-order valence-corrected chi connectivity index (χ1v) is 5.78. The number of imide groups is 1. The Morgan fingerprint density at radius 1 is 1.58 bits per heavy atom. The maximum atomic E-state index is 12.3. The van der Waals surface area contributed by atoms with Crippen molar-refractivity contribution in [2.24, 2.45) is 5.11 Å². The van der Waals surface area contributed by atoms with Gasteiger partial charge >= 0.3 is 6.03 Å². The predicted molar refractivity (Wildman–Crippen MR) is 64.9 cm³/mol. The van der Waals surface area contributed by atoms with Gasteiger partial charge in [0.2, 0.25) is 0 Å². The van der Waals surface area contributed by atoms with Crippen LogP contribution in [-0.2, 0) is 10.3 Å². The first-order chi connectivity index (χ1) is 9.09. The number of rotatable bonds is 5. The molecule has 1 aliphatic heterocycles. The van der Waals surface area contributed by atoms with Gasteiger partial charge in [0.15, 0.2) is 5.54 Å². The smallest absolute Gasteiger partial charge is 0.325 e. The van der Waals surface area contributed by atoms with Crippen LogP contribution in [0.1, 0.15) is 19.1 Å². The number of azide groups is 1. The molecule has 1 aromatic rings. The van der Waals surface area contributed by atoms with E-state index in [2.05, 4.69) is 15.3 Å². The maximum absolute atomic E-state index is 12.3. The topological polar surface area (TPSA) is 111 Å². The van der Waals surface area contributed by atoms with Crippen LogP contribution in [0.3, 0.4) is 0 Å². The zero-order valence-corrected chi connectivity index (χ0v) is 10.4. The van der Waals surface area contributed by atoms with E-state index in [9.17, 15) is 9.59 Å². The molecular weight excluding hydrogens is 250 g/mol. The number of furan rings is 1. The molecule has 1 unspecified atom stereocenters. The van der Waals surface area contributed by atoms with E-state index in [4.69, 9.17) is 9.95 Å². The van der Waals surface area contributed by atoms with Gasteiger partial charge in [-0.1, -0.05) is 5.11 Å². The fraction of sp³-hybridized carbons (Fsp3) is 0.455. The summed E-state index contributed by atoms with van der Waals surface area (Å²) in [4.78, 5) is 27.8. The third-order valence-electron chi connectivity index (χ3n) is 2.99. The lowest BCUT2D eigenvalue weighted by Crippen LogP contribution is -2.40. The fourth-order valence-corrected chi connectivity index (χ4v) is 1.97. The molecule has 0 bridgehead atoms. The summed E-state index contributed by atoms with van der Waals surface area (Å²) in [5.74, 6) is 0.0248. The van der Waals surface area contributed by atoms with Crippen LogP contribution < -0.4 is 5.32 Å². The number of nitrogens with one attached hydrogen (secondary N) is 1. The zero-order valence-electron chi connectivity index (χ0n) is 10.4. The highest BCUT2D eigenvalue weighted by molar-refractivity contribution is 6.06. The standard InChI is InChI=1S/C11H13N5O3/c1-11(8-4-2-7-19-8)9(17)16(10(18)14-11)6-3-5-13-15-12/h2,4,7H,3,5-6H2,1H3,(H,14,18). The lowest BCUT2D eigenvalue weighted by atomic mass is 9.99. The van der Waals surface area contributed by atoms with E-state index in [1.54, 1.807) is 19.1 Å². The van der Waals surface area contributed by atoms with Crippen molar-refractivity contribution in [1.29, 1.82) is 0 Å². The van der Waals surface area contributed by atoms with E-state index in [1.807, 2.05) is 0 Å². The summed E-state index contributed by atoms with van der Waals surface area (Å²) >= 11 is 0. The molecule has 1 saturated heterocycles. The molecule has 1 aromatic heterocycles. The van der Waals surface area contributed by atoms with Crippen molar-refractivity contribution in [1.82, 2.24) is 10.2 Å². The van der Waals surface area contributed by atoms with E-state index < -0.39 is 11.6 Å². The number of carbonyl (C=O) groups excluding carboxylic acids is 2. The molecule has 2 rings (SSSR count). The van der Waals surface area contributed by atoms with Crippen LogP contribution in [0, 0.1) is 0 Å². The van der Waals surface area contributed by atoms with E-state index in [1.165, 1.54) is 6.26 Å². The number of carbonyl (C=O) groups is 2. The monoisotopic (exact) mass is 263 g/mol. The van der Waals surface area contributed by atoms with Crippen molar-refractivity contribution in [2.45, 2.75) is 18.9 Å². The summed E-state index contributed by atoms with van der Waals surface area (Å²) in [6.07, 6.45) is 1.88. The Morgan fingerprint density at radius 3 is 3.00 bits per heavy atom. The van der Waals surface area contributed by atoms with Crippen LogP contribution in [0.5, 0.6) is 0 Å². The molecule has 0 saturated carbocycles. The summed E-state index contributed by atoms with van der Waals surface area (Å²) in [5.41, 5.74) is 6.99. The van der Waals surface area contributed by atoms with Crippen molar-refractivity contribution >= 4 is 11.9 Å². The lowest BCUT2D eigenvalue weighted by Gasteiger charge is -2.18. The Bertz CT molecular complexity index is 535. The Balaban J connectivity index is 2.10. The first kappa shape index (κ1) is 13.0. The molecule has 3 amide bonds. The number of nitrogens with zero attached hydrogens (tertiary/aromatic N) is 4. The summed E-state index contributed by atoms with van der Waals surface area (Å²) in [6.45, 7) is 2.05. The molecule has 0 aliphatic carbocycles. The first-order valence-electron chi connectivity index (χ1n) is 5.78. The van der Waals surface area contributed by atoms with Gasteiger partial charge in [-0.05, 0) is 31.0 Å². The van der Waals surface area contributed by atoms with Gasteiger partial charge in [-0.15, -0.1) is 0 Å². The van der Waals surface area contributed by atoms with Crippen molar-refractivity contribution in [3.8, 4) is 0 Å². The lowest BCUT2D eigenvalue weighted by molar-refractivity contribution is -0.131. The van der Waals surface area contributed by atoms with Crippen molar-refractivity contribution in [3.63, 3.8) is 0 Å². The molecule has 8 nitrogen and oxygen atoms in total. The third-order valence-corrected chi connectivity index (χ3v) is 2.99. The van der Waals surface area contributed by atoms with Gasteiger partial charge < -0.3 is 9.73 Å². The Morgan fingerprint density at radius 2 is 2.37 bits per heavy atom. The zero-order chi connectivity index (χ0) is 13.9. The van der Waals surface area contributed by atoms with Gasteiger partial charge in [-0.2, -0.15) is 0 Å². The van der Waals surface area contributed by atoms with E-state index >= 15 is 0 Å². The van der Waals surface area contributed by atoms with Crippen molar-refractivity contribution in [2.75, 3.05) is 13.1 Å². The minimum absolute atomic E-state index is 0.208. The molecule has 1 N–H and O–H groups in total. The number of amides is 3. The molecule has 0 spiro atoms. The van der Waals surface area contributed by atoms with Gasteiger partial charge in [0.05, 0.1) is 6.26 Å². The molecule has 19 heavy (non-hydrogen) atoms. The van der Waals surface area contributed by atoms with E-state index in [0.29, 0.717) is 12.2 Å². The van der Waals surface area contributed by atoms with E-state index in [0.717, 1.165) is 4.90 Å². The summed E-state index contributed by atoms with van der Waals surface area (Å²) in [5, 5.41) is 5.98. The summed E-state index contributed by atoms with van der Waals surface area (Å²) in [7, 11) is 0. The minimum Gasteiger partial charge on any atom is -0.466 e. The normalized spacial score (nSPS) is 22.3. The summed E-state index contributed by atoms with van der Waals surface area (Å²) < 4.78 is 5.20. The fourth-order valence-electron chi connectivity index (χ4n) is 1.97. The quantitative estimate of drug-likeness (QED) is 0.287. The average Bonchev–Trinajstić information content (AvgIpc) is 2.97. The van der Waals surface area contributed by atoms with Gasteiger partial charge in [0.1, 0.15) is 5.76 Å². The highest BCUT2D eigenvalue weighted by Gasteiger charge is 2.50. The largest absolute Gasteiger partial charge is 0.466 e. The van der Waals surface area contributed by atoms with Crippen LogP contribution in [0.15, 0.2) is 27.9 Å². The molecule has 1 aliphatic rings. The molecule has 100 valence electrons. The number of hydrogen-bond acceptors (Lipinski definition) is 4. The predicted octanol–water partition coefficient (Wildman–Crippen LogP) is 1.75. The van der Waals surface area contributed by atoms with Gasteiger partial charge in [-0.3, -0.25) is 9.69 Å². The Hall–Kier alpha value is -2.47.